The van der Waals surface area contributed by atoms with Crippen molar-refractivity contribution in [2.75, 3.05) is 11.9 Å². The van der Waals surface area contributed by atoms with Crippen molar-refractivity contribution in [1.82, 2.24) is 5.32 Å². The summed E-state index contributed by atoms with van der Waals surface area (Å²) in [7, 11) is 0. The average Bonchev–Trinajstić information content (AvgIpc) is 2.48. The first-order valence-electron chi connectivity index (χ1n) is 5.63. The van der Waals surface area contributed by atoms with Gasteiger partial charge in [-0.05, 0) is 31.0 Å². The fraction of sp³-hybridized carbons (Fsp3) is 0.417. The van der Waals surface area contributed by atoms with Crippen molar-refractivity contribution in [2.24, 2.45) is 0 Å². The van der Waals surface area contributed by atoms with Gasteiger partial charge in [0.15, 0.2) is 0 Å². The minimum atomic E-state index is 0.103. The highest BCUT2D eigenvalue weighted by Crippen LogP contribution is 2.27. The number of hydrogen-bond acceptors (Lipinski definition) is 2. The Kier molecular flexibility index (Phi) is 4.29. The zero-order chi connectivity index (χ0) is 12.3. The van der Waals surface area contributed by atoms with Crippen molar-refractivity contribution < 1.29 is 4.79 Å². The number of carbonyl (C=O) groups excluding carboxylic acids is 1. The Balaban J connectivity index is 2.08. The van der Waals surface area contributed by atoms with Crippen LogP contribution < -0.4 is 10.6 Å². The van der Waals surface area contributed by atoms with Gasteiger partial charge >= 0.3 is 0 Å². The molecular formula is C12H14BrClN2O. The van der Waals surface area contributed by atoms with Gasteiger partial charge in [-0.3, -0.25) is 4.79 Å². The maximum absolute atomic E-state index is 11.4. The maximum atomic E-state index is 11.4. The van der Waals surface area contributed by atoms with Crippen molar-refractivity contribution in [3.63, 3.8) is 0 Å². The minimum Gasteiger partial charge on any atom is -0.381 e. The van der Waals surface area contributed by atoms with E-state index in [2.05, 4.69) is 26.6 Å². The summed E-state index contributed by atoms with van der Waals surface area (Å²) in [5.74, 6) is 0.103. The van der Waals surface area contributed by atoms with E-state index in [0.717, 1.165) is 29.5 Å². The lowest BCUT2D eigenvalue weighted by molar-refractivity contribution is -0.120. The summed E-state index contributed by atoms with van der Waals surface area (Å²) >= 11 is 9.52. The van der Waals surface area contributed by atoms with Gasteiger partial charge in [-0.15, -0.1) is 0 Å². The number of rotatable bonds is 2. The van der Waals surface area contributed by atoms with Crippen LogP contribution in [0.3, 0.4) is 0 Å². The van der Waals surface area contributed by atoms with E-state index in [4.69, 9.17) is 11.6 Å². The number of hydrogen-bond donors (Lipinski definition) is 2. The molecule has 1 aromatic rings. The fourth-order valence-electron chi connectivity index (χ4n) is 1.93. The molecule has 2 rings (SSSR count). The summed E-state index contributed by atoms with van der Waals surface area (Å²) in [5, 5.41) is 6.88. The molecule has 1 aliphatic rings. The molecule has 1 unspecified atom stereocenters. The van der Waals surface area contributed by atoms with E-state index in [1.54, 1.807) is 0 Å². The molecular weight excluding hydrogens is 304 g/mol. The van der Waals surface area contributed by atoms with Crippen LogP contribution in [0.15, 0.2) is 22.7 Å². The van der Waals surface area contributed by atoms with Crippen molar-refractivity contribution in [3.8, 4) is 0 Å². The number of amides is 1. The topological polar surface area (TPSA) is 41.1 Å². The first-order valence-corrected chi connectivity index (χ1v) is 6.80. The first kappa shape index (κ1) is 12.7. The van der Waals surface area contributed by atoms with E-state index < -0.39 is 0 Å². The highest BCUT2D eigenvalue weighted by atomic mass is 79.9. The van der Waals surface area contributed by atoms with Gasteiger partial charge in [0.2, 0.25) is 5.91 Å². The summed E-state index contributed by atoms with van der Waals surface area (Å²) in [6, 6.07) is 5.83. The van der Waals surface area contributed by atoms with E-state index in [0.29, 0.717) is 11.4 Å². The summed E-state index contributed by atoms with van der Waals surface area (Å²) in [5.41, 5.74) is 0.876. The molecule has 2 N–H and O–H groups in total. The van der Waals surface area contributed by atoms with Gasteiger partial charge in [-0.2, -0.15) is 0 Å². The molecule has 1 heterocycles. The maximum Gasteiger partial charge on any atom is 0.222 e. The van der Waals surface area contributed by atoms with Crippen LogP contribution in [0.1, 0.15) is 19.3 Å². The Bertz CT molecular complexity index is 425. The second-order valence-electron chi connectivity index (χ2n) is 4.16. The van der Waals surface area contributed by atoms with Gasteiger partial charge in [0.05, 0.1) is 10.7 Å². The molecule has 0 radical (unpaired) electrons. The van der Waals surface area contributed by atoms with E-state index in [9.17, 15) is 4.79 Å². The number of anilines is 1. The smallest absolute Gasteiger partial charge is 0.222 e. The first-order chi connectivity index (χ1) is 8.15. The quantitative estimate of drug-likeness (QED) is 0.879. The van der Waals surface area contributed by atoms with Crippen LogP contribution in [0.4, 0.5) is 5.69 Å². The van der Waals surface area contributed by atoms with Crippen LogP contribution in [-0.2, 0) is 4.79 Å². The Labute approximate surface area is 114 Å². The van der Waals surface area contributed by atoms with Crippen LogP contribution in [0.25, 0.3) is 0 Å². The summed E-state index contributed by atoms with van der Waals surface area (Å²) in [6.07, 6.45) is 2.47. The van der Waals surface area contributed by atoms with Crippen molar-refractivity contribution in [2.45, 2.75) is 25.3 Å². The zero-order valence-electron chi connectivity index (χ0n) is 9.30. The minimum absolute atomic E-state index is 0.103. The number of halogens is 2. The molecule has 0 bridgehead atoms. The standard InChI is InChI=1S/C12H14BrClN2O/c13-8-3-4-10(14)11(6-8)16-9-2-1-5-15-12(17)7-9/h3-4,6,9,16H,1-2,5,7H2,(H,15,17). The van der Waals surface area contributed by atoms with E-state index in [-0.39, 0.29) is 11.9 Å². The molecule has 5 heteroatoms. The molecule has 1 aromatic carbocycles. The molecule has 1 aliphatic heterocycles. The zero-order valence-corrected chi connectivity index (χ0v) is 11.6. The predicted octanol–water partition coefficient (Wildman–Crippen LogP) is 3.18. The average molecular weight is 318 g/mol. The summed E-state index contributed by atoms with van der Waals surface area (Å²) < 4.78 is 0.975. The third-order valence-corrected chi connectivity index (χ3v) is 3.59. The molecule has 92 valence electrons. The Morgan fingerprint density at radius 1 is 1.47 bits per heavy atom. The van der Waals surface area contributed by atoms with Gasteiger partial charge in [0.1, 0.15) is 0 Å². The molecule has 1 fully saturated rings. The Morgan fingerprint density at radius 2 is 2.29 bits per heavy atom. The molecule has 0 aliphatic carbocycles. The van der Waals surface area contributed by atoms with Gasteiger partial charge in [0.25, 0.3) is 0 Å². The fourth-order valence-corrected chi connectivity index (χ4v) is 2.46. The van der Waals surface area contributed by atoms with Crippen LogP contribution >= 0.6 is 27.5 Å². The second-order valence-corrected chi connectivity index (χ2v) is 5.48. The summed E-state index contributed by atoms with van der Waals surface area (Å²) in [4.78, 5) is 11.4. The normalized spacial score (nSPS) is 20.6. The lowest BCUT2D eigenvalue weighted by Gasteiger charge is -2.17. The Hall–Kier alpha value is -0.740. The lowest BCUT2D eigenvalue weighted by atomic mass is 10.1. The third kappa shape index (κ3) is 3.61. The molecule has 0 spiro atoms. The molecule has 1 amide bonds. The van der Waals surface area contributed by atoms with E-state index >= 15 is 0 Å². The number of carbonyl (C=O) groups is 1. The van der Waals surface area contributed by atoms with Crippen molar-refractivity contribution in [1.29, 1.82) is 0 Å². The lowest BCUT2D eigenvalue weighted by Crippen LogP contribution is -2.26. The van der Waals surface area contributed by atoms with E-state index in [1.807, 2.05) is 18.2 Å². The van der Waals surface area contributed by atoms with Crippen molar-refractivity contribution >= 4 is 39.1 Å². The Morgan fingerprint density at radius 3 is 3.12 bits per heavy atom. The number of nitrogens with one attached hydrogen (secondary N) is 2. The van der Waals surface area contributed by atoms with Crippen LogP contribution in [0.2, 0.25) is 5.02 Å². The van der Waals surface area contributed by atoms with Crippen LogP contribution in [0.5, 0.6) is 0 Å². The molecule has 1 saturated heterocycles. The van der Waals surface area contributed by atoms with Gasteiger partial charge in [-0.25, -0.2) is 0 Å². The summed E-state index contributed by atoms with van der Waals surface area (Å²) in [6.45, 7) is 0.767. The van der Waals surface area contributed by atoms with Crippen LogP contribution in [0, 0.1) is 0 Å². The van der Waals surface area contributed by atoms with Gasteiger partial charge in [-0.1, -0.05) is 27.5 Å². The third-order valence-electron chi connectivity index (χ3n) is 2.77. The number of benzene rings is 1. The second kappa shape index (κ2) is 5.74. The highest BCUT2D eigenvalue weighted by Gasteiger charge is 2.17. The van der Waals surface area contributed by atoms with E-state index in [1.165, 1.54) is 0 Å². The SMILES string of the molecule is O=C1CC(Nc2cc(Br)ccc2Cl)CCCN1. The molecule has 1 atom stereocenters. The monoisotopic (exact) mass is 316 g/mol. The molecule has 3 nitrogen and oxygen atoms in total. The van der Waals surface area contributed by atoms with Gasteiger partial charge in [0, 0.05) is 23.5 Å². The molecule has 17 heavy (non-hydrogen) atoms. The van der Waals surface area contributed by atoms with Gasteiger partial charge < -0.3 is 10.6 Å². The highest BCUT2D eigenvalue weighted by molar-refractivity contribution is 9.10. The van der Waals surface area contributed by atoms with Crippen LogP contribution in [-0.4, -0.2) is 18.5 Å². The largest absolute Gasteiger partial charge is 0.381 e. The molecule has 0 saturated carbocycles. The molecule has 0 aromatic heterocycles. The predicted molar refractivity (Wildman–Crippen MR) is 73.4 cm³/mol. The van der Waals surface area contributed by atoms with Crippen molar-refractivity contribution in [3.05, 3.63) is 27.7 Å².